The summed E-state index contributed by atoms with van der Waals surface area (Å²) in [6, 6.07) is 5.66. The van der Waals surface area contributed by atoms with E-state index in [2.05, 4.69) is 27.9 Å². The van der Waals surface area contributed by atoms with E-state index >= 15 is 0 Å². The summed E-state index contributed by atoms with van der Waals surface area (Å²) >= 11 is 2.18. The molecule has 1 N–H and O–H groups in total. The largest absolute Gasteiger partial charge is 0.495 e. The third-order valence-corrected chi connectivity index (χ3v) is 3.01. The zero-order valence-electron chi connectivity index (χ0n) is 9.93. The van der Waals surface area contributed by atoms with Gasteiger partial charge in [-0.15, -0.1) is 0 Å². The number of carbonyl (C=O) groups is 1. The minimum absolute atomic E-state index is 0.0186. The van der Waals surface area contributed by atoms with Crippen LogP contribution in [0, 0.1) is 8.99 Å². The predicted octanol–water partition coefficient (Wildman–Crippen LogP) is 3.28. The van der Waals surface area contributed by atoms with Gasteiger partial charge in [0.1, 0.15) is 5.75 Å². The Kier molecular flexibility index (Phi) is 4.18. The summed E-state index contributed by atoms with van der Waals surface area (Å²) in [5.41, 5.74) is 0.328. The number of benzene rings is 1. The maximum Gasteiger partial charge on any atom is 0.229 e. The van der Waals surface area contributed by atoms with Gasteiger partial charge in [0.25, 0.3) is 0 Å². The number of para-hydroxylation sites is 1. The number of halogens is 1. The number of nitrogens with one attached hydrogen (secondary N) is 1. The Bertz CT molecular complexity index is 396. The molecular formula is C12H16INO2. The predicted molar refractivity (Wildman–Crippen MR) is 73.8 cm³/mol. The normalized spacial score (nSPS) is 11.1. The molecule has 0 aromatic heterocycles. The molecule has 0 spiro atoms. The fourth-order valence-electron chi connectivity index (χ4n) is 1.10. The number of ether oxygens (including phenoxy) is 1. The lowest BCUT2D eigenvalue weighted by molar-refractivity contribution is -0.123. The van der Waals surface area contributed by atoms with E-state index in [0.717, 1.165) is 9.26 Å². The number of rotatable bonds is 2. The molecule has 16 heavy (non-hydrogen) atoms. The lowest BCUT2D eigenvalue weighted by Gasteiger charge is -2.19. The van der Waals surface area contributed by atoms with Crippen LogP contribution in [0.2, 0.25) is 0 Å². The van der Waals surface area contributed by atoms with Crippen LogP contribution in [-0.2, 0) is 4.79 Å². The molecule has 1 aromatic carbocycles. The van der Waals surface area contributed by atoms with E-state index in [9.17, 15) is 4.79 Å². The van der Waals surface area contributed by atoms with E-state index in [1.165, 1.54) is 0 Å². The van der Waals surface area contributed by atoms with Crippen LogP contribution in [0.1, 0.15) is 20.8 Å². The van der Waals surface area contributed by atoms with Gasteiger partial charge in [-0.05, 0) is 34.7 Å². The number of amides is 1. The molecule has 0 saturated heterocycles. The first kappa shape index (κ1) is 13.3. The van der Waals surface area contributed by atoms with E-state index < -0.39 is 5.41 Å². The first-order valence-corrected chi connectivity index (χ1v) is 6.08. The van der Waals surface area contributed by atoms with Gasteiger partial charge >= 0.3 is 0 Å². The molecule has 0 radical (unpaired) electrons. The second kappa shape index (κ2) is 5.03. The first-order chi connectivity index (χ1) is 7.36. The number of carbonyl (C=O) groups excluding carboxylic acids is 1. The molecular weight excluding hydrogens is 317 g/mol. The molecule has 4 heteroatoms. The van der Waals surface area contributed by atoms with Crippen molar-refractivity contribution in [3.63, 3.8) is 0 Å². The SMILES string of the molecule is COc1cccc(I)c1NC(=O)C(C)(C)C. The van der Waals surface area contributed by atoms with Gasteiger partial charge < -0.3 is 10.1 Å². The zero-order chi connectivity index (χ0) is 12.3. The first-order valence-electron chi connectivity index (χ1n) is 5.00. The Labute approximate surface area is 110 Å². The Morgan fingerprint density at radius 2 is 2.00 bits per heavy atom. The van der Waals surface area contributed by atoms with Crippen LogP contribution in [0.5, 0.6) is 5.75 Å². The topological polar surface area (TPSA) is 38.3 Å². The van der Waals surface area contributed by atoms with E-state index in [1.807, 2.05) is 39.0 Å². The van der Waals surface area contributed by atoms with Gasteiger partial charge in [0.2, 0.25) is 5.91 Å². The maximum atomic E-state index is 11.9. The van der Waals surface area contributed by atoms with Gasteiger partial charge in [0.05, 0.1) is 12.8 Å². The number of methoxy groups -OCH3 is 1. The van der Waals surface area contributed by atoms with Gasteiger partial charge in [0, 0.05) is 8.99 Å². The van der Waals surface area contributed by atoms with Crippen LogP contribution >= 0.6 is 22.6 Å². The van der Waals surface area contributed by atoms with Crippen molar-refractivity contribution in [1.29, 1.82) is 0 Å². The van der Waals surface area contributed by atoms with Gasteiger partial charge in [0.15, 0.2) is 0 Å². The molecule has 0 aliphatic heterocycles. The molecule has 0 atom stereocenters. The van der Waals surface area contributed by atoms with Crippen molar-refractivity contribution in [2.75, 3.05) is 12.4 Å². The summed E-state index contributed by atoms with van der Waals surface area (Å²) in [5.74, 6) is 0.666. The molecule has 0 unspecified atom stereocenters. The quantitative estimate of drug-likeness (QED) is 0.844. The average Bonchev–Trinajstić information content (AvgIpc) is 2.19. The van der Waals surface area contributed by atoms with E-state index in [1.54, 1.807) is 7.11 Å². The Hall–Kier alpha value is -0.780. The fraction of sp³-hybridized carbons (Fsp3) is 0.417. The van der Waals surface area contributed by atoms with Crippen LogP contribution in [0.25, 0.3) is 0 Å². The smallest absolute Gasteiger partial charge is 0.229 e. The number of anilines is 1. The van der Waals surface area contributed by atoms with Crippen LogP contribution in [0.3, 0.4) is 0 Å². The van der Waals surface area contributed by atoms with Crippen LogP contribution < -0.4 is 10.1 Å². The lowest BCUT2D eigenvalue weighted by Crippen LogP contribution is -2.28. The van der Waals surface area contributed by atoms with Crippen molar-refractivity contribution in [1.82, 2.24) is 0 Å². The van der Waals surface area contributed by atoms with Crippen molar-refractivity contribution >= 4 is 34.2 Å². The highest BCUT2D eigenvalue weighted by Gasteiger charge is 2.23. The molecule has 0 aliphatic carbocycles. The molecule has 1 aromatic rings. The second-order valence-corrected chi connectivity index (χ2v) is 5.68. The minimum Gasteiger partial charge on any atom is -0.495 e. The third kappa shape index (κ3) is 3.10. The Morgan fingerprint density at radius 3 is 2.50 bits per heavy atom. The maximum absolute atomic E-state index is 11.9. The third-order valence-electron chi connectivity index (χ3n) is 2.12. The van der Waals surface area contributed by atoms with Gasteiger partial charge in [-0.3, -0.25) is 4.79 Å². The van der Waals surface area contributed by atoms with Crippen LogP contribution in [0.15, 0.2) is 18.2 Å². The Balaban J connectivity index is 3.01. The summed E-state index contributed by atoms with van der Waals surface area (Å²) in [6.45, 7) is 5.64. The summed E-state index contributed by atoms with van der Waals surface area (Å²) in [5, 5.41) is 2.90. The summed E-state index contributed by atoms with van der Waals surface area (Å²) in [7, 11) is 1.60. The van der Waals surface area contributed by atoms with Crippen molar-refractivity contribution in [3.05, 3.63) is 21.8 Å². The fourth-order valence-corrected chi connectivity index (χ4v) is 1.71. The molecule has 0 fully saturated rings. The molecule has 0 saturated carbocycles. The van der Waals surface area contributed by atoms with Gasteiger partial charge in [-0.2, -0.15) is 0 Å². The molecule has 0 heterocycles. The minimum atomic E-state index is -0.413. The number of hydrogen-bond acceptors (Lipinski definition) is 2. The monoisotopic (exact) mass is 333 g/mol. The van der Waals surface area contributed by atoms with Crippen molar-refractivity contribution in [3.8, 4) is 5.75 Å². The van der Waals surface area contributed by atoms with E-state index in [4.69, 9.17) is 4.74 Å². The highest BCUT2D eigenvalue weighted by Crippen LogP contribution is 2.30. The summed E-state index contributed by atoms with van der Waals surface area (Å²) in [4.78, 5) is 11.9. The zero-order valence-corrected chi connectivity index (χ0v) is 12.1. The molecule has 88 valence electrons. The van der Waals surface area contributed by atoms with Crippen LogP contribution in [-0.4, -0.2) is 13.0 Å². The van der Waals surface area contributed by atoms with Crippen molar-refractivity contribution in [2.45, 2.75) is 20.8 Å². The summed E-state index contributed by atoms with van der Waals surface area (Å²) < 4.78 is 6.19. The number of hydrogen-bond donors (Lipinski definition) is 1. The summed E-state index contributed by atoms with van der Waals surface area (Å²) in [6.07, 6.45) is 0. The van der Waals surface area contributed by atoms with E-state index in [0.29, 0.717) is 5.75 Å². The second-order valence-electron chi connectivity index (χ2n) is 4.52. The molecule has 1 amide bonds. The highest BCUT2D eigenvalue weighted by molar-refractivity contribution is 14.1. The Morgan fingerprint density at radius 1 is 1.38 bits per heavy atom. The average molecular weight is 333 g/mol. The molecule has 0 bridgehead atoms. The highest BCUT2D eigenvalue weighted by atomic mass is 127. The van der Waals surface area contributed by atoms with E-state index in [-0.39, 0.29) is 5.91 Å². The molecule has 3 nitrogen and oxygen atoms in total. The lowest BCUT2D eigenvalue weighted by atomic mass is 9.95. The molecule has 1 rings (SSSR count). The van der Waals surface area contributed by atoms with Crippen molar-refractivity contribution in [2.24, 2.45) is 5.41 Å². The molecule has 0 aliphatic rings. The van der Waals surface area contributed by atoms with Crippen molar-refractivity contribution < 1.29 is 9.53 Å². The standard InChI is InChI=1S/C12H16INO2/c1-12(2,3)11(15)14-10-8(13)6-5-7-9(10)16-4/h5-7H,1-4H3,(H,14,15). The van der Waals surface area contributed by atoms with Crippen LogP contribution in [0.4, 0.5) is 5.69 Å². The van der Waals surface area contributed by atoms with Gasteiger partial charge in [-0.1, -0.05) is 26.8 Å². The van der Waals surface area contributed by atoms with Gasteiger partial charge in [-0.25, -0.2) is 0 Å².